The second-order valence-corrected chi connectivity index (χ2v) is 10.2. The second kappa shape index (κ2) is 9.88. The maximum absolute atomic E-state index is 12.5. The Morgan fingerprint density at radius 2 is 1.73 bits per heavy atom. The Labute approximate surface area is 224 Å². The van der Waals surface area contributed by atoms with Crippen molar-refractivity contribution in [2.45, 2.75) is 12.5 Å². The number of benzene rings is 4. The van der Waals surface area contributed by atoms with Crippen molar-refractivity contribution in [2.24, 2.45) is 10.1 Å². The second-order valence-electron chi connectivity index (χ2n) is 8.78. The molecule has 6 rings (SSSR count). The molecule has 4 aromatic rings. The Bertz CT molecular complexity index is 1610. The van der Waals surface area contributed by atoms with Crippen LogP contribution in [0.2, 0.25) is 5.02 Å². The molecule has 0 fully saturated rings. The number of hydrazone groups is 1. The number of amides is 1. The van der Waals surface area contributed by atoms with Crippen molar-refractivity contribution in [1.82, 2.24) is 5.01 Å². The third-order valence-electron chi connectivity index (χ3n) is 6.52. The lowest BCUT2D eigenvalue weighted by Crippen LogP contribution is -2.26. The third kappa shape index (κ3) is 4.66. The van der Waals surface area contributed by atoms with Gasteiger partial charge in [0, 0.05) is 11.4 Å². The molecule has 0 N–H and O–H groups in total. The van der Waals surface area contributed by atoms with Gasteiger partial charge in [0.05, 0.1) is 23.8 Å². The molecule has 2 heterocycles. The molecule has 0 aliphatic carbocycles. The highest BCUT2D eigenvalue weighted by Crippen LogP contribution is 2.40. The maximum atomic E-state index is 12.5. The molecule has 5 nitrogen and oxygen atoms in total. The predicted molar refractivity (Wildman–Crippen MR) is 153 cm³/mol. The summed E-state index contributed by atoms with van der Waals surface area (Å²) in [4.78, 5) is 17.6. The molecule has 37 heavy (non-hydrogen) atoms. The van der Waals surface area contributed by atoms with Crippen LogP contribution in [0.25, 0.3) is 16.8 Å². The summed E-state index contributed by atoms with van der Waals surface area (Å²) < 4.78 is 5.36. The van der Waals surface area contributed by atoms with E-state index in [2.05, 4.69) is 35.3 Å². The van der Waals surface area contributed by atoms with Crippen LogP contribution in [-0.2, 0) is 0 Å². The highest BCUT2D eigenvalue weighted by molar-refractivity contribution is 8.18. The monoisotopic (exact) mass is 523 g/mol. The standard InChI is InChI=1S/C30H22ClN3O2S/c1-36-24-14-12-20(13-15-24)27-18-26(23-11-10-19-6-2-3-7-21(19)16-23)33-34(27)29-28(37-30(35)32-29)17-22-8-4-5-9-25(22)31/h2-17,27H,18H2,1H3/b28-17-/t27-/m1/s1. The summed E-state index contributed by atoms with van der Waals surface area (Å²) >= 11 is 7.51. The molecule has 182 valence electrons. The maximum Gasteiger partial charge on any atom is 0.311 e. The third-order valence-corrected chi connectivity index (χ3v) is 7.65. The van der Waals surface area contributed by atoms with Crippen LogP contribution in [0, 0.1) is 0 Å². The quantitative estimate of drug-likeness (QED) is 0.272. The lowest BCUT2D eigenvalue weighted by atomic mass is 9.97. The number of aliphatic imine (C=N–C) groups is 1. The van der Waals surface area contributed by atoms with Gasteiger partial charge >= 0.3 is 5.24 Å². The van der Waals surface area contributed by atoms with Crippen molar-refractivity contribution in [2.75, 3.05) is 7.11 Å². The SMILES string of the molecule is COc1ccc([C@H]2CC(c3ccc4ccccc4c3)=NN2C2=NC(=O)S/C2=C\c2ccccc2Cl)cc1. The molecule has 2 aliphatic heterocycles. The fourth-order valence-electron chi connectivity index (χ4n) is 4.63. The summed E-state index contributed by atoms with van der Waals surface area (Å²) in [6.07, 6.45) is 2.58. The van der Waals surface area contributed by atoms with Gasteiger partial charge in [0.2, 0.25) is 0 Å². The molecular weight excluding hydrogens is 502 g/mol. The minimum absolute atomic E-state index is 0.132. The summed E-state index contributed by atoms with van der Waals surface area (Å²) in [5.41, 5.74) is 3.88. The Morgan fingerprint density at radius 1 is 0.973 bits per heavy atom. The lowest BCUT2D eigenvalue weighted by molar-refractivity contribution is 0.267. The minimum atomic E-state index is -0.267. The summed E-state index contributed by atoms with van der Waals surface area (Å²) in [5.74, 6) is 1.32. The van der Waals surface area contributed by atoms with Crippen molar-refractivity contribution < 1.29 is 9.53 Å². The van der Waals surface area contributed by atoms with Gasteiger partial charge in [-0.3, -0.25) is 4.79 Å². The molecule has 4 aromatic carbocycles. The van der Waals surface area contributed by atoms with Gasteiger partial charge in [-0.1, -0.05) is 78.3 Å². The smallest absolute Gasteiger partial charge is 0.311 e. The highest BCUT2D eigenvalue weighted by Gasteiger charge is 2.37. The van der Waals surface area contributed by atoms with Gasteiger partial charge in [0.1, 0.15) is 5.75 Å². The van der Waals surface area contributed by atoms with E-state index in [-0.39, 0.29) is 11.3 Å². The van der Waals surface area contributed by atoms with Gasteiger partial charge in [0.15, 0.2) is 5.84 Å². The lowest BCUT2D eigenvalue weighted by Gasteiger charge is -2.24. The van der Waals surface area contributed by atoms with Crippen molar-refractivity contribution in [1.29, 1.82) is 0 Å². The fourth-order valence-corrected chi connectivity index (χ4v) is 5.56. The van der Waals surface area contributed by atoms with Crippen LogP contribution in [0.5, 0.6) is 5.75 Å². The van der Waals surface area contributed by atoms with Crippen LogP contribution >= 0.6 is 23.4 Å². The van der Waals surface area contributed by atoms with E-state index in [1.165, 1.54) is 5.39 Å². The average Bonchev–Trinajstić information content (AvgIpc) is 3.53. The highest BCUT2D eigenvalue weighted by atomic mass is 35.5. The molecule has 7 heteroatoms. The Kier molecular flexibility index (Phi) is 6.28. The first-order valence-corrected chi connectivity index (χ1v) is 13.1. The Hall–Kier alpha value is -3.87. The van der Waals surface area contributed by atoms with Crippen LogP contribution < -0.4 is 4.74 Å². The summed E-state index contributed by atoms with van der Waals surface area (Å²) in [6, 6.07) is 30.1. The van der Waals surface area contributed by atoms with E-state index in [1.54, 1.807) is 7.11 Å². The molecule has 0 saturated heterocycles. The summed E-state index contributed by atoms with van der Waals surface area (Å²) in [6.45, 7) is 0. The van der Waals surface area contributed by atoms with Gasteiger partial charge < -0.3 is 4.74 Å². The van der Waals surface area contributed by atoms with Gasteiger partial charge in [-0.2, -0.15) is 10.1 Å². The van der Waals surface area contributed by atoms with E-state index in [9.17, 15) is 4.79 Å². The van der Waals surface area contributed by atoms with Crippen LogP contribution in [0.3, 0.4) is 0 Å². The number of fused-ring (bicyclic) bond motifs is 1. The normalized spacial score (nSPS) is 18.4. The number of rotatable bonds is 4. The first-order chi connectivity index (χ1) is 18.1. The Morgan fingerprint density at radius 3 is 2.51 bits per heavy atom. The zero-order chi connectivity index (χ0) is 25.4. The fraction of sp³-hybridized carbons (Fsp3) is 0.100. The molecule has 0 bridgehead atoms. The number of ether oxygens (including phenoxy) is 1. The number of halogens is 1. The van der Waals surface area contributed by atoms with Crippen LogP contribution in [0.4, 0.5) is 4.79 Å². The van der Waals surface area contributed by atoms with Crippen LogP contribution in [0.1, 0.15) is 29.2 Å². The van der Waals surface area contributed by atoms with Crippen LogP contribution in [-0.4, -0.2) is 28.9 Å². The number of hydrogen-bond acceptors (Lipinski definition) is 5. The molecular formula is C30H22ClN3O2S. The van der Waals surface area contributed by atoms with Crippen LogP contribution in [0.15, 0.2) is 106 Å². The van der Waals surface area contributed by atoms with E-state index in [0.717, 1.165) is 50.2 Å². The van der Waals surface area contributed by atoms with E-state index < -0.39 is 0 Å². The summed E-state index contributed by atoms with van der Waals surface area (Å²) in [7, 11) is 1.65. The van der Waals surface area contributed by atoms with E-state index in [1.807, 2.05) is 71.7 Å². The van der Waals surface area contributed by atoms with Crippen molar-refractivity contribution in [3.8, 4) is 5.75 Å². The molecule has 0 spiro atoms. The summed E-state index contributed by atoms with van der Waals surface area (Å²) in [5, 5.41) is 9.61. The molecule has 2 aliphatic rings. The van der Waals surface area contributed by atoms with E-state index >= 15 is 0 Å². The van der Waals surface area contributed by atoms with E-state index in [0.29, 0.717) is 17.3 Å². The zero-order valence-corrected chi connectivity index (χ0v) is 21.5. The first kappa shape index (κ1) is 23.5. The number of carbonyl (C=O) groups excluding carboxylic acids is 1. The number of carbonyl (C=O) groups is 1. The molecule has 0 unspecified atom stereocenters. The number of hydrogen-bond donors (Lipinski definition) is 0. The molecule has 1 atom stereocenters. The van der Waals surface area contributed by atoms with Gasteiger partial charge in [-0.15, -0.1) is 0 Å². The van der Waals surface area contributed by atoms with E-state index in [4.69, 9.17) is 21.4 Å². The Balaban J connectivity index is 1.44. The average molecular weight is 524 g/mol. The number of amidine groups is 1. The van der Waals surface area contributed by atoms with Crippen molar-refractivity contribution in [3.05, 3.63) is 118 Å². The largest absolute Gasteiger partial charge is 0.497 e. The molecule has 0 radical (unpaired) electrons. The van der Waals surface area contributed by atoms with Crippen molar-refractivity contribution >= 4 is 57.0 Å². The zero-order valence-electron chi connectivity index (χ0n) is 20.0. The minimum Gasteiger partial charge on any atom is -0.497 e. The predicted octanol–water partition coefficient (Wildman–Crippen LogP) is 7.96. The first-order valence-electron chi connectivity index (χ1n) is 11.9. The van der Waals surface area contributed by atoms with Gasteiger partial charge in [-0.25, -0.2) is 5.01 Å². The van der Waals surface area contributed by atoms with Crippen molar-refractivity contribution in [3.63, 3.8) is 0 Å². The molecule has 0 saturated carbocycles. The topological polar surface area (TPSA) is 54.3 Å². The number of thioether (sulfide) groups is 1. The number of methoxy groups -OCH3 is 1. The number of nitrogens with zero attached hydrogens (tertiary/aromatic N) is 3. The molecule has 1 amide bonds. The molecule has 0 aromatic heterocycles. The van der Waals surface area contributed by atoms with Gasteiger partial charge in [0.25, 0.3) is 0 Å². The van der Waals surface area contributed by atoms with Gasteiger partial charge in [-0.05, 0) is 69.6 Å².